The predicted molar refractivity (Wildman–Crippen MR) is 114 cm³/mol. The highest BCUT2D eigenvalue weighted by Crippen LogP contribution is 2.33. The third kappa shape index (κ3) is 3.31. The van der Waals surface area contributed by atoms with Crippen molar-refractivity contribution in [1.29, 1.82) is 0 Å². The molecule has 148 valence electrons. The molecule has 0 aliphatic carbocycles. The minimum atomic E-state index is 0.0656. The first kappa shape index (κ1) is 18.0. The number of nitrogens with one attached hydrogen (secondary N) is 1. The molecule has 29 heavy (non-hydrogen) atoms. The van der Waals surface area contributed by atoms with Gasteiger partial charge in [0.05, 0.1) is 0 Å². The molecule has 0 atom stereocenters. The van der Waals surface area contributed by atoms with Gasteiger partial charge in [-0.1, -0.05) is 24.3 Å². The smallest absolute Gasteiger partial charge is 0.253 e. The number of carbonyl (C=O) groups excluding carboxylic acids is 2. The van der Waals surface area contributed by atoms with Gasteiger partial charge in [0.15, 0.2) is 0 Å². The lowest BCUT2D eigenvalue weighted by atomic mass is 9.89. The third-order valence-electron chi connectivity index (χ3n) is 6.32. The van der Waals surface area contributed by atoms with Crippen molar-refractivity contribution in [2.24, 2.45) is 0 Å². The Hall–Kier alpha value is -3.08. The molecule has 3 heterocycles. The van der Waals surface area contributed by atoms with E-state index in [2.05, 4.69) is 29.4 Å². The molecule has 5 nitrogen and oxygen atoms in total. The molecule has 2 aromatic carbocycles. The summed E-state index contributed by atoms with van der Waals surface area (Å²) in [5.41, 5.74) is 4.05. The van der Waals surface area contributed by atoms with Crippen LogP contribution in [0.4, 0.5) is 5.69 Å². The van der Waals surface area contributed by atoms with E-state index in [0.717, 1.165) is 44.6 Å². The Morgan fingerprint density at radius 1 is 1.00 bits per heavy atom. The van der Waals surface area contributed by atoms with Gasteiger partial charge in [0, 0.05) is 54.4 Å². The van der Waals surface area contributed by atoms with Crippen molar-refractivity contribution in [3.05, 3.63) is 65.9 Å². The molecule has 2 fully saturated rings. The van der Waals surface area contributed by atoms with Crippen LogP contribution in [-0.2, 0) is 4.79 Å². The van der Waals surface area contributed by atoms with Crippen LogP contribution < -0.4 is 4.90 Å². The van der Waals surface area contributed by atoms with Gasteiger partial charge in [-0.25, -0.2) is 0 Å². The number of fused-ring (bicyclic) bond motifs is 1. The molecule has 1 aromatic heterocycles. The predicted octanol–water partition coefficient (Wildman–Crippen LogP) is 4.31. The highest BCUT2D eigenvalue weighted by atomic mass is 16.2. The molecular weight excluding hydrogens is 362 g/mol. The summed E-state index contributed by atoms with van der Waals surface area (Å²) in [5, 5.41) is 1.29. The number of carbonyl (C=O) groups is 2. The van der Waals surface area contributed by atoms with E-state index in [0.29, 0.717) is 17.9 Å². The van der Waals surface area contributed by atoms with Crippen molar-refractivity contribution in [2.45, 2.75) is 31.6 Å². The lowest BCUT2D eigenvalue weighted by molar-refractivity contribution is -0.117. The van der Waals surface area contributed by atoms with E-state index in [4.69, 9.17) is 0 Å². The average Bonchev–Trinajstić information content (AvgIpc) is 3.40. The zero-order valence-electron chi connectivity index (χ0n) is 16.4. The Morgan fingerprint density at radius 2 is 1.83 bits per heavy atom. The lowest BCUT2D eigenvalue weighted by Crippen LogP contribution is -2.38. The highest BCUT2D eigenvalue weighted by Gasteiger charge is 2.27. The number of piperidine rings is 1. The molecule has 2 saturated heterocycles. The van der Waals surface area contributed by atoms with Gasteiger partial charge >= 0.3 is 0 Å². The number of aromatic nitrogens is 1. The Morgan fingerprint density at radius 3 is 2.62 bits per heavy atom. The first-order valence-corrected chi connectivity index (χ1v) is 10.5. The fourth-order valence-corrected chi connectivity index (χ4v) is 4.74. The third-order valence-corrected chi connectivity index (χ3v) is 6.32. The number of amides is 2. The van der Waals surface area contributed by atoms with Crippen molar-refractivity contribution < 1.29 is 9.59 Å². The van der Waals surface area contributed by atoms with E-state index >= 15 is 0 Å². The molecule has 5 heteroatoms. The van der Waals surface area contributed by atoms with Crippen LogP contribution in [0, 0.1) is 0 Å². The molecule has 1 N–H and O–H groups in total. The summed E-state index contributed by atoms with van der Waals surface area (Å²) in [6.45, 7) is 2.26. The Kier molecular flexibility index (Phi) is 4.58. The molecule has 0 spiro atoms. The molecule has 2 amide bonds. The maximum atomic E-state index is 13.1. The maximum Gasteiger partial charge on any atom is 0.253 e. The van der Waals surface area contributed by atoms with Crippen molar-refractivity contribution in [3.63, 3.8) is 0 Å². The van der Waals surface area contributed by atoms with Gasteiger partial charge < -0.3 is 14.8 Å². The summed E-state index contributed by atoms with van der Waals surface area (Å²) in [6, 6.07) is 15.9. The Bertz CT molecular complexity index is 1060. The maximum absolute atomic E-state index is 13.1. The van der Waals surface area contributed by atoms with E-state index in [9.17, 15) is 9.59 Å². The van der Waals surface area contributed by atoms with Crippen LogP contribution >= 0.6 is 0 Å². The quantitative estimate of drug-likeness (QED) is 0.728. The van der Waals surface area contributed by atoms with Gasteiger partial charge in [0.25, 0.3) is 5.91 Å². The number of para-hydroxylation sites is 1. The summed E-state index contributed by atoms with van der Waals surface area (Å²) in [4.78, 5) is 32.2. The molecule has 2 aliphatic rings. The Labute approximate surface area is 170 Å². The normalized spacial score (nSPS) is 18.0. The zero-order valence-corrected chi connectivity index (χ0v) is 16.4. The zero-order chi connectivity index (χ0) is 19.8. The van der Waals surface area contributed by atoms with Gasteiger partial charge in [0.2, 0.25) is 5.91 Å². The largest absolute Gasteiger partial charge is 0.361 e. The number of rotatable bonds is 3. The second-order valence-electron chi connectivity index (χ2n) is 8.06. The van der Waals surface area contributed by atoms with Crippen LogP contribution in [0.15, 0.2) is 54.7 Å². The Balaban J connectivity index is 1.28. The SMILES string of the molecule is O=C(c1cccc(N2CCCC2=O)c1)N1CCC(c2c[nH]c3ccccc23)CC1. The van der Waals surface area contributed by atoms with Crippen LogP contribution in [-0.4, -0.2) is 41.3 Å². The first-order valence-electron chi connectivity index (χ1n) is 10.5. The van der Waals surface area contributed by atoms with Crippen LogP contribution in [0.2, 0.25) is 0 Å². The second-order valence-corrected chi connectivity index (χ2v) is 8.06. The van der Waals surface area contributed by atoms with Crippen molar-refractivity contribution in [1.82, 2.24) is 9.88 Å². The summed E-state index contributed by atoms with van der Waals surface area (Å²) in [6.07, 6.45) is 5.55. The summed E-state index contributed by atoms with van der Waals surface area (Å²) >= 11 is 0. The number of benzene rings is 2. The highest BCUT2D eigenvalue weighted by molar-refractivity contribution is 5.99. The van der Waals surface area contributed by atoms with Crippen molar-refractivity contribution >= 4 is 28.4 Å². The fraction of sp³-hybridized carbons (Fsp3) is 0.333. The molecule has 0 radical (unpaired) electrons. The number of hydrogen-bond acceptors (Lipinski definition) is 2. The number of hydrogen-bond donors (Lipinski definition) is 1. The van der Waals surface area contributed by atoms with Crippen molar-refractivity contribution in [2.75, 3.05) is 24.5 Å². The number of anilines is 1. The standard InChI is InChI=1S/C24H25N3O2/c28-23-9-4-12-27(23)19-6-3-5-18(15-19)24(29)26-13-10-17(11-14-26)21-16-25-22-8-2-1-7-20(21)22/h1-3,5-8,15-17,25H,4,9-14H2. The van der Waals surface area contributed by atoms with E-state index < -0.39 is 0 Å². The number of likely N-dealkylation sites (tertiary alicyclic amines) is 1. The minimum absolute atomic E-state index is 0.0656. The van der Waals surface area contributed by atoms with Gasteiger partial charge in [-0.15, -0.1) is 0 Å². The lowest BCUT2D eigenvalue weighted by Gasteiger charge is -2.32. The van der Waals surface area contributed by atoms with E-state index in [1.165, 1.54) is 16.5 Å². The van der Waals surface area contributed by atoms with E-state index in [1.54, 1.807) is 4.90 Å². The molecule has 0 saturated carbocycles. The number of H-pyrrole nitrogens is 1. The monoisotopic (exact) mass is 387 g/mol. The van der Waals surface area contributed by atoms with Gasteiger partial charge in [-0.3, -0.25) is 9.59 Å². The minimum Gasteiger partial charge on any atom is -0.361 e. The molecule has 5 rings (SSSR count). The summed E-state index contributed by atoms with van der Waals surface area (Å²) in [5.74, 6) is 0.689. The number of nitrogens with zero attached hydrogens (tertiary/aromatic N) is 2. The summed E-state index contributed by atoms with van der Waals surface area (Å²) in [7, 11) is 0. The van der Waals surface area contributed by atoms with Gasteiger partial charge in [-0.05, 0) is 55.0 Å². The first-order chi connectivity index (χ1) is 14.2. The summed E-state index contributed by atoms with van der Waals surface area (Å²) < 4.78 is 0. The van der Waals surface area contributed by atoms with E-state index in [1.807, 2.05) is 35.2 Å². The molecule has 3 aromatic rings. The average molecular weight is 387 g/mol. The molecular formula is C24H25N3O2. The number of aromatic amines is 1. The second kappa shape index (κ2) is 7.39. The molecule has 2 aliphatic heterocycles. The van der Waals surface area contributed by atoms with E-state index in [-0.39, 0.29) is 11.8 Å². The van der Waals surface area contributed by atoms with Crippen LogP contribution in [0.1, 0.15) is 47.5 Å². The van der Waals surface area contributed by atoms with Gasteiger partial charge in [0.1, 0.15) is 0 Å². The molecule has 0 unspecified atom stereocenters. The van der Waals surface area contributed by atoms with Crippen molar-refractivity contribution in [3.8, 4) is 0 Å². The van der Waals surface area contributed by atoms with Gasteiger partial charge in [-0.2, -0.15) is 0 Å². The van der Waals surface area contributed by atoms with Crippen LogP contribution in [0.25, 0.3) is 10.9 Å². The molecule has 0 bridgehead atoms. The van der Waals surface area contributed by atoms with Crippen LogP contribution in [0.5, 0.6) is 0 Å². The van der Waals surface area contributed by atoms with Crippen LogP contribution in [0.3, 0.4) is 0 Å². The fourth-order valence-electron chi connectivity index (χ4n) is 4.74. The topological polar surface area (TPSA) is 56.4 Å².